The van der Waals surface area contributed by atoms with Gasteiger partial charge in [-0.1, -0.05) is 0 Å². The van der Waals surface area contributed by atoms with Gasteiger partial charge in [0.25, 0.3) is 0 Å². The van der Waals surface area contributed by atoms with Gasteiger partial charge in [-0.25, -0.2) is 0 Å². The molecule has 0 fully saturated rings. The number of rotatable bonds is 1. The molecule has 0 saturated carbocycles. The van der Waals surface area contributed by atoms with Gasteiger partial charge in [0, 0.05) is 0 Å². The second-order valence-corrected chi connectivity index (χ2v) is 3.10. The van der Waals surface area contributed by atoms with Crippen molar-refractivity contribution >= 4 is 5.69 Å². The molecule has 0 spiro atoms. The lowest BCUT2D eigenvalue weighted by molar-refractivity contribution is -0.142. The van der Waals surface area contributed by atoms with E-state index in [1.165, 1.54) is 0 Å². The summed E-state index contributed by atoms with van der Waals surface area (Å²) in [6.45, 7) is 0. The van der Waals surface area contributed by atoms with Crippen LogP contribution in [0.2, 0.25) is 0 Å². The Bertz CT molecular complexity index is 423. The maximum absolute atomic E-state index is 12.5. The van der Waals surface area contributed by atoms with Gasteiger partial charge in [-0.2, -0.15) is 26.3 Å². The predicted octanol–water partition coefficient (Wildman–Crippen LogP) is 3.32. The van der Waals surface area contributed by atoms with Crippen molar-refractivity contribution in [3.63, 3.8) is 0 Å². The number of ether oxygens (including phenoxy) is 1. The standard InChI is InChI=1S/C9H7F6NO/c1-17-5-3-2-4(8(10,11)12)7(16)6(5)9(13,14)15/h2-3H,16H2,1H3. The summed E-state index contributed by atoms with van der Waals surface area (Å²) in [5.41, 5.74) is 0.375. The Labute approximate surface area is 92.0 Å². The fraction of sp³-hybridized carbons (Fsp3) is 0.333. The molecule has 0 aliphatic heterocycles. The van der Waals surface area contributed by atoms with E-state index in [2.05, 4.69) is 4.74 Å². The van der Waals surface area contributed by atoms with Crippen molar-refractivity contribution < 1.29 is 31.1 Å². The molecule has 96 valence electrons. The summed E-state index contributed by atoms with van der Waals surface area (Å²) in [4.78, 5) is 0. The summed E-state index contributed by atoms with van der Waals surface area (Å²) >= 11 is 0. The number of benzene rings is 1. The molecule has 1 rings (SSSR count). The minimum absolute atomic E-state index is 0.448. The first-order valence-corrected chi connectivity index (χ1v) is 4.20. The summed E-state index contributed by atoms with van der Waals surface area (Å²) in [5.74, 6) is -0.747. The number of hydrogen-bond acceptors (Lipinski definition) is 2. The van der Waals surface area contributed by atoms with Gasteiger partial charge >= 0.3 is 12.4 Å². The average molecular weight is 259 g/mol. The van der Waals surface area contributed by atoms with Crippen LogP contribution in [-0.4, -0.2) is 7.11 Å². The molecule has 17 heavy (non-hydrogen) atoms. The largest absolute Gasteiger partial charge is 0.496 e. The van der Waals surface area contributed by atoms with Crippen LogP contribution in [0.4, 0.5) is 32.0 Å². The van der Waals surface area contributed by atoms with E-state index in [1.54, 1.807) is 0 Å². The van der Waals surface area contributed by atoms with Crippen molar-refractivity contribution in [3.8, 4) is 5.75 Å². The van der Waals surface area contributed by atoms with Crippen LogP contribution in [0.25, 0.3) is 0 Å². The van der Waals surface area contributed by atoms with Crippen LogP contribution in [0.15, 0.2) is 12.1 Å². The first-order chi connectivity index (χ1) is 7.59. The van der Waals surface area contributed by atoms with Crippen LogP contribution in [0.1, 0.15) is 11.1 Å². The second kappa shape index (κ2) is 4.01. The molecule has 0 aromatic heterocycles. The highest BCUT2D eigenvalue weighted by molar-refractivity contribution is 5.62. The second-order valence-electron chi connectivity index (χ2n) is 3.10. The predicted molar refractivity (Wildman–Crippen MR) is 47.4 cm³/mol. The third-order valence-electron chi connectivity index (χ3n) is 2.02. The molecule has 0 amide bonds. The van der Waals surface area contributed by atoms with E-state index >= 15 is 0 Å². The number of hydrogen-bond donors (Lipinski definition) is 1. The van der Waals surface area contributed by atoms with E-state index < -0.39 is 34.9 Å². The average Bonchev–Trinajstić information content (AvgIpc) is 2.12. The van der Waals surface area contributed by atoms with Crippen molar-refractivity contribution in [2.24, 2.45) is 0 Å². The van der Waals surface area contributed by atoms with Gasteiger partial charge in [0.05, 0.1) is 18.4 Å². The van der Waals surface area contributed by atoms with Crippen molar-refractivity contribution in [1.82, 2.24) is 0 Å². The van der Waals surface area contributed by atoms with Crippen molar-refractivity contribution in [1.29, 1.82) is 0 Å². The normalized spacial score (nSPS) is 12.6. The molecule has 0 unspecified atom stereocenters. The van der Waals surface area contributed by atoms with Crippen molar-refractivity contribution in [2.45, 2.75) is 12.4 Å². The Kier molecular flexibility index (Phi) is 3.17. The molecule has 1 aromatic rings. The SMILES string of the molecule is COc1ccc(C(F)(F)F)c(N)c1C(F)(F)F. The third-order valence-corrected chi connectivity index (χ3v) is 2.02. The summed E-state index contributed by atoms with van der Waals surface area (Å²) in [7, 11) is 0.914. The fourth-order valence-electron chi connectivity index (χ4n) is 1.31. The lowest BCUT2D eigenvalue weighted by Gasteiger charge is -2.18. The molecule has 2 N–H and O–H groups in total. The molecule has 0 bridgehead atoms. The summed E-state index contributed by atoms with van der Waals surface area (Å²) in [5, 5.41) is 0. The molecule has 0 saturated heterocycles. The number of nitrogens with two attached hydrogens (primary N) is 1. The summed E-state index contributed by atoms with van der Waals surface area (Å²) in [6.07, 6.45) is -9.97. The first kappa shape index (κ1) is 13.5. The highest BCUT2D eigenvalue weighted by Gasteiger charge is 2.42. The van der Waals surface area contributed by atoms with Gasteiger partial charge in [0.15, 0.2) is 0 Å². The molecule has 0 atom stereocenters. The Hall–Kier alpha value is -1.60. The number of anilines is 1. The van der Waals surface area contributed by atoms with E-state index in [0.717, 1.165) is 7.11 Å². The van der Waals surface area contributed by atoms with Gasteiger partial charge in [-0.15, -0.1) is 0 Å². The Morgan fingerprint density at radius 2 is 1.53 bits per heavy atom. The van der Waals surface area contributed by atoms with Crippen LogP contribution >= 0.6 is 0 Å². The molecule has 0 radical (unpaired) electrons. The van der Waals surface area contributed by atoms with E-state index in [-0.39, 0.29) is 0 Å². The maximum atomic E-state index is 12.5. The molecule has 2 nitrogen and oxygen atoms in total. The van der Waals surface area contributed by atoms with E-state index in [4.69, 9.17) is 5.73 Å². The van der Waals surface area contributed by atoms with Crippen molar-refractivity contribution in [3.05, 3.63) is 23.3 Å². The molecular formula is C9H7F6NO. The topological polar surface area (TPSA) is 35.2 Å². The van der Waals surface area contributed by atoms with Gasteiger partial charge in [0.2, 0.25) is 0 Å². The van der Waals surface area contributed by atoms with Crippen LogP contribution in [0, 0.1) is 0 Å². The quantitative estimate of drug-likeness (QED) is 0.620. The maximum Gasteiger partial charge on any atom is 0.421 e. The van der Waals surface area contributed by atoms with Crippen LogP contribution in [0.3, 0.4) is 0 Å². The van der Waals surface area contributed by atoms with Crippen LogP contribution in [0.5, 0.6) is 5.75 Å². The van der Waals surface area contributed by atoms with Crippen molar-refractivity contribution in [2.75, 3.05) is 12.8 Å². The third kappa shape index (κ3) is 2.56. The number of methoxy groups -OCH3 is 1. The fourth-order valence-corrected chi connectivity index (χ4v) is 1.31. The zero-order valence-electron chi connectivity index (χ0n) is 8.41. The summed E-state index contributed by atoms with van der Waals surface area (Å²) in [6, 6.07) is 1.03. The molecule has 8 heteroatoms. The van der Waals surface area contributed by atoms with Gasteiger partial charge in [0.1, 0.15) is 11.3 Å². The minimum atomic E-state index is -5.02. The Balaban J connectivity index is 3.55. The Morgan fingerprint density at radius 3 is 1.88 bits per heavy atom. The minimum Gasteiger partial charge on any atom is -0.496 e. The van der Waals surface area contributed by atoms with E-state index in [1.807, 2.05) is 0 Å². The molecular weight excluding hydrogens is 252 g/mol. The summed E-state index contributed by atoms with van der Waals surface area (Å²) < 4.78 is 79.1. The zero-order valence-corrected chi connectivity index (χ0v) is 8.41. The zero-order chi connectivity index (χ0) is 13.4. The van der Waals surface area contributed by atoms with Crippen LogP contribution in [-0.2, 0) is 12.4 Å². The number of halogens is 6. The monoisotopic (exact) mass is 259 g/mol. The van der Waals surface area contributed by atoms with E-state index in [9.17, 15) is 26.3 Å². The highest BCUT2D eigenvalue weighted by Crippen LogP contribution is 2.45. The lowest BCUT2D eigenvalue weighted by atomic mass is 10.1. The smallest absolute Gasteiger partial charge is 0.421 e. The lowest BCUT2D eigenvalue weighted by Crippen LogP contribution is -2.16. The van der Waals surface area contributed by atoms with Gasteiger partial charge in [-0.3, -0.25) is 0 Å². The molecule has 0 aliphatic carbocycles. The van der Waals surface area contributed by atoms with Gasteiger partial charge in [-0.05, 0) is 12.1 Å². The molecule has 0 heterocycles. The van der Waals surface area contributed by atoms with E-state index in [0.29, 0.717) is 12.1 Å². The molecule has 0 aliphatic rings. The number of alkyl halides is 6. The number of nitrogen functional groups attached to an aromatic ring is 1. The highest BCUT2D eigenvalue weighted by atomic mass is 19.4. The van der Waals surface area contributed by atoms with Gasteiger partial charge < -0.3 is 10.5 Å². The van der Waals surface area contributed by atoms with Crippen LogP contribution < -0.4 is 10.5 Å². The Morgan fingerprint density at radius 1 is 1.00 bits per heavy atom. The first-order valence-electron chi connectivity index (χ1n) is 4.20. The molecule has 1 aromatic carbocycles.